The van der Waals surface area contributed by atoms with Gasteiger partial charge in [0.15, 0.2) is 0 Å². The summed E-state index contributed by atoms with van der Waals surface area (Å²) in [6.07, 6.45) is 1.28. The number of nitrogens with one attached hydrogen (secondary N) is 1. The fourth-order valence-electron chi connectivity index (χ4n) is 1.36. The number of nitriles is 1. The van der Waals surface area contributed by atoms with Crippen molar-refractivity contribution in [1.82, 2.24) is 9.97 Å². The average Bonchev–Trinajstić information content (AvgIpc) is 2.32. The highest BCUT2D eigenvalue weighted by molar-refractivity contribution is 9.10. The number of halogens is 1. The van der Waals surface area contributed by atoms with Gasteiger partial charge in [-0.2, -0.15) is 5.26 Å². The van der Waals surface area contributed by atoms with Crippen molar-refractivity contribution in [3.8, 4) is 17.5 Å². The minimum atomic E-state index is -0.422. The van der Waals surface area contributed by atoms with Gasteiger partial charge in [-0.3, -0.25) is 4.79 Å². The van der Waals surface area contributed by atoms with E-state index in [1.165, 1.54) is 6.20 Å². The molecule has 0 aliphatic rings. The van der Waals surface area contributed by atoms with Crippen LogP contribution >= 0.6 is 15.9 Å². The molecule has 17 heavy (non-hydrogen) atoms. The van der Waals surface area contributed by atoms with Crippen molar-refractivity contribution in [3.63, 3.8) is 0 Å². The average molecular weight is 290 g/mol. The van der Waals surface area contributed by atoms with Crippen LogP contribution in [0.2, 0.25) is 0 Å². The number of aromatic amines is 1. The van der Waals surface area contributed by atoms with E-state index in [1.807, 2.05) is 25.1 Å². The topological polar surface area (TPSA) is 69.5 Å². The summed E-state index contributed by atoms with van der Waals surface area (Å²) in [5, 5.41) is 8.64. The predicted molar refractivity (Wildman–Crippen MR) is 67.4 cm³/mol. The van der Waals surface area contributed by atoms with Crippen LogP contribution in [0.5, 0.6) is 0 Å². The summed E-state index contributed by atoms with van der Waals surface area (Å²) in [7, 11) is 0. The quantitative estimate of drug-likeness (QED) is 0.876. The van der Waals surface area contributed by atoms with Crippen LogP contribution in [0.4, 0.5) is 0 Å². The number of H-pyrrole nitrogens is 1. The lowest BCUT2D eigenvalue weighted by atomic mass is 10.1. The van der Waals surface area contributed by atoms with E-state index < -0.39 is 5.56 Å². The minimum Gasteiger partial charge on any atom is -0.305 e. The molecule has 1 aromatic carbocycles. The van der Waals surface area contributed by atoms with Gasteiger partial charge in [-0.1, -0.05) is 28.1 Å². The largest absolute Gasteiger partial charge is 0.305 e. The summed E-state index contributed by atoms with van der Waals surface area (Å²) in [5.74, 6) is 0.453. The molecule has 1 heterocycles. The minimum absolute atomic E-state index is 0.0138. The van der Waals surface area contributed by atoms with Crippen molar-refractivity contribution in [2.45, 2.75) is 6.92 Å². The van der Waals surface area contributed by atoms with Gasteiger partial charge in [0.2, 0.25) is 0 Å². The summed E-state index contributed by atoms with van der Waals surface area (Å²) in [6.45, 7) is 1.98. The van der Waals surface area contributed by atoms with Gasteiger partial charge in [-0.25, -0.2) is 4.98 Å². The molecule has 1 N–H and O–H groups in total. The third kappa shape index (κ3) is 2.27. The van der Waals surface area contributed by atoms with Crippen LogP contribution in [-0.2, 0) is 0 Å². The Labute approximate surface area is 106 Å². The Morgan fingerprint density at radius 1 is 1.47 bits per heavy atom. The molecule has 2 aromatic rings. The molecule has 5 heteroatoms. The highest BCUT2D eigenvalue weighted by atomic mass is 79.9. The maximum atomic E-state index is 11.5. The normalized spacial score (nSPS) is 9.94. The van der Waals surface area contributed by atoms with E-state index >= 15 is 0 Å². The van der Waals surface area contributed by atoms with Crippen molar-refractivity contribution in [2.75, 3.05) is 0 Å². The van der Waals surface area contributed by atoms with Crippen molar-refractivity contribution in [2.24, 2.45) is 0 Å². The van der Waals surface area contributed by atoms with Gasteiger partial charge >= 0.3 is 0 Å². The van der Waals surface area contributed by atoms with Crippen LogP contribution in [-0.4, -0.2) is 9.97 Å². The van der Waals surface area contributed by atoms with Gasteiger partial charge in [0.25, 0.3) is 5.56 Å². The van der Waals surface area contributed by atoms with Crippen LogP contribution in [0.1, 0.15) is 11.1 Å². The zero-order chi connectivity index (χ0) is 12.4. The number of rotatable bonds is 1. The van der Waals surface area contributed by atoms with Crippen LogP contribution in [0.3, 0.4) is 0 Å². The molecule has 0 aliphatic carbocycles. The van der Waals surface area contributed by atoms with Gasteiger partial charge in [0.1, 0.15) is 17.5 Å². The number of hydrogen-bond acceptors (Lipinski definition) is 3. The first-order valence-corrected chi connectivity index (χ1v) is 5.67. The molecule has 0 radical (unpaired) electrons. The molecule has 2 rings (SSSR count). The van der Waals surface area contributed by atoms with E-state index in [9.17, 15) is 4.79 Å². The Kier molecular flexibility index (Phi) is 3.07. The predicted octanol–water partition coefficient (Wildman–Crippen LogP) is 2.38. The van der Waals surface area contributed by atoms with Crippen LogP contribution < -0.4 is 5.56 Å². The molecule has 84 valence electrons. The Balaban J connectivity index is 2.54. The molecular weight excluding hydrogens is 282 g/mol. The van der Waals surface area contributed by atoms with E-state index in [1.54, 1.807) is 6.07 Å². The molecule has 0 saturated carbocycles. The SMILES string of the molecule is Cc1ccc(-c2ncc(C#N)c(=O)[nH]2)cc1Br. The molecule has 0 fully saturated rings. The van der Waals surface area contributed by atoms with E-state index in [4.69, 9.17) is 5.26 Å². The fraction of sp³-hybridized carbons (Fsp3) is 0.0833. The van der Waals surface area contributed by atoms with Crippen LogP contribution in [0.25, 0.3) is 11.4 Å². The number of nitrogens with zero attached hydrogens (tertiary/aromatic N) is 2. The Hall–Kier alpha value is -1.93. The Morgan fingerprint density at radius 3 is 2.82 bits per heavy atom. The second-order valence-corrected chi connectivity index (χ2v) is 4.40. The Morgan fingerprint density at radius 2 is 2.24 bits per heavy atom. The lowest BCUT2D eigenvalue weighted by Gasteiger charge is -2.03. The van der Waals surface area contributed by atoms with Gasteiger partial charge in [0.05, 0.1) is 6.20 Å². The first-order chi connectivity index (χ1) is 8.11. The summed E-state index contributed by atoms with van der Waals surface area (Å²) >= 11 is 3.42. The smallest absolute Gasteiger partial charge is 0.269 e. The second-order valence-electron chi connectivity index (χ2n) is 3.55. The zero-order valence-corrected chi connectivity index (χ0v) is 10.6. The first-order valence-electron chi connectivity index (χ1n) is 4.88. The van der Waals surface area contributed by atoms with E-state index in [2.05, 4.69) is 25.9 Å². The number of hydrogen-bond donors (Lipinski definition) is 1. The third-order valence-corrected chi connectivity index (χ3v) is 3.22. The summed E-state index contributed by atoms with van der Waals surface area (Å²) in [6, 6.07) is 7.45. The van der Waals surface area contributed by atoms with Gasteiger partial charge in [-0.15, -0.1) is 0 Å². The fourth-order valence-corrected chi connectivity index (χ4v) is 1.74. The van der Waals surface area contributed by atoms with Crippen LogP contribution in [0, 0.1) is 18.3 Å². The first kappa shape index (κ1) is 11.6. The molecule has 1 aromatic heterocycles. The maximum absolute atomic E-state index is 11.5. The van der Waals surface area contributed by atoms with Crippen LogP contribution in [0.15, 0.2) is 33.7 Å². The highest BCUT2D eigenvalue weighted by Gasteiger charge is 2.05. The molecule has 0 saturated heterocycles. The molecule has 0 aliphatic heterocycles. The zero-order valence-electron chi connectivity index (χ0n) is 8.99. The number of aromatic nitrogens is 2. The van der Waals surface area contributed by atoms with Crippen molar-refractivity contribution >= 4 is 15.9 Å². The number of benzene rings is 1. The molecule has 0 amide bonds. The molecule has 0 unspecified atom stereocenters. The third-order valence-electron chi connectivity index (χ3n) is 2.37. The second kappa shape index (κ2) is 4.52. The molecular formula is C12H8BrN3O. The highest BCUT2D eigenvalue weighted by Crippen LogP contribution is 2.22. The van der Waals surface area contributed by atoms with Gasteiger partial charge < -0.3 is 4.98 Å². The van der Waals surface area contributed by atoms with E-state index in [0.717, 1.165) is 15.6 Å². The van der Waals surface area contributed by atoms with Gasteiger partial charge in [0, 0.05) is 10.0 Å². The molecule has 4 nitrogen and oxygen atoms in total. The lowest BCUT2D eigenvalue weighted by Crippen LogP contribution is -2.12. The standard InChI is InChI=1S/C12H8BrN3O/c1-7-2-3-8(4-10(7)13)11-15-6-9(5-14)12(17)16-11/h2-4,6H,1H3,(H,15,16,17). The van der Waals surface area contributed by atoms with Gasteiger partial charge in [-0.05, 0) is 18.6 Å². The van der Waals surface area contributed by atoms with Crippen molar-refractivity contribution in [3.05, 3.63) is 50.3 Å². The maximum Gasteiger partial charge on any atom is 0.269 e. The molecule has 0 bridgehead atoms. The monoisotopic (exact) mass is 289 g/mol. The number of aryl methyl sites for hydroxylation is 1. The van der Waals surface area contributed by atoms with E-state index in [-0.39, 0.29) is 5.56 Å². The van der Waals surface area contributed by atoms with Crippen molar-refractivity contribution in [1.29, 1.82) is 5.26 Å². The molecule has 0 atom stereocenters. The summed E-state index contributed by atoms with van der Waals surface area (Å²) in [5.41, 5.74) is 1.49. The molecule has 0 spiro atoms. The van der Waals surface area contributed by atoms with Crippen molar-refractivity contribution < 1.29 is 0 Å². The lowest BCUT2D eigenvalue weighted by molar-refractivity contribution is 1.11. The summed E-state index contributed by atoms with van der Waals surface area (Å²) < 4.78 is 0.946. The summed E-state index contributed by atoms with van der Waals surface area (Å²) in [4.78, 5) is 18.1. The Bertz CT molecular complexity index is 670. The van der Waals surface area contributed by atoms with E-state index in [0.29, 0.717) is 5.82 Å².